The van der Waals surface area contributed by atoms with Crippen LogP contribution in [0.5, 0.6) is 5.75 Å². The van der Waals surface area contributed by atoms with Crippen LogP contribution in [0.3, 0.4) is 0 Å². The van der Waals surface area contributed by atoms with Crippen LogP contribution in [0.2, 0.25) is 5.02 Å². The van der Waals surface area contributed by atoms with Crippen LogP contribution in [0.25, 0.3) is 10.9 Å². The van der Waals surface area contributed by atoms with Gasteiger partial charge in [-0.3, -0.25) is 0 Å². The average Bonchev–Trinajstić information content (AvgIpc) is 3.13. The van der Waals surface area contributed by atoms with Crippen molar-refractivity contribution in [1.29, 1.82) is 0 Å². The molecule has 0 amide bonds. The lowest BCUT2D eigenvalue weighted by atomic mass is 10.1. The molecule has 7 heteroatoms. The number of rotatable bonds is 10. The summed E-state index contributed by atoms with van der Waals surface area (Å²) in [4.78, 5) is 12.3. The van der Waals surface area contributed by atoms with Crippen LogP contribution in [0, 0.1) is 5.82 Å². The van der Waals surface area contributed by atoms with Crippen molar-refractivity contribution in [2.75, 3.05) is 13.2 Å². The number of carboxylic acids is 1. The standard InChI is InChI=1S/C27H26ClFN2O3/c1-2-34-21-11-7-18(8-12-21)13-14-30-16-23-22-5-3-4-6-25(22)31(26(23)27(32)33)17-19-9-10-20(29)15-24(19)28/h3-12,15,30H,2,13-14,16-17H2,1H3,(H,32,33). The molecule has 0 aliphatic carbocycles. The van der Waals surface area contributed by atoms with Crippen molar-refractivity contribution in [2.24, 2.45) is 0 Å². The summed E-state index contributed by atoms with van der Waals surface area (Å²) in [7, 11) is 0. The van der Waals surface area contributed by atoms with Crippen molar-refractivity contribution in [2.45, 2.75) is 26.4 Å². The van der Waals surface area contributed by atoms with E-state index in [2.05, 4.69) is 5.32 Å². The average molecular weight is 481 g/mol. The Morgan fingerprint density at radius 1 is 1.12 bits per heavy atom. The second-order valence-corrected chi connectivity index (χ2v) is 8.38. The normalized spacial score (nSPS) is 11.1. The van der Waals surface area contributed by atoms with Gasteiger partial charge in [-0.15, -0.1) is 0 Å². The summed E-state index contributed by atoms with van der Waals surface area (Å²) < 4.78 is 20.7. The maximum atomic E-state index is 13.5. The van der Waals surface area contributed by atoms with Crippen LogP contribution >= 0.6 is 11.6 Å². The summed E-state index contributed by atoms with van der Waals surface area (Å²) in [6.07, 6.45) is 0.804. The van der Waals surface area contributed by atoms with Crippen LogP contribution in [-0.4, -0.2) is 28.8 Å². The Balaban J connectivity index is 1.56. The molecule has 0 radical (unpaired) electrons. The van der Waals surface area contributed by atoms with Gasteiger partial charge in [0, 0.05) is 34.6 Å². The quantitative estimate of drug-likeness (QED) is 0.277. The van der Waals surface area contributed by atoms with Crippen molar-refractivity contribution in [1.82, 2.24) is 9.88 Å². The zero-order valence-electron chi connectivity index (χ0n) is 18.9. The number of aromatic nitrogens is 1. The Bertz CT molecular complexity index is 1300. The van der Waals surface area contributed by atoms with Gasteiger partial charge in [-0.1, -0.05) is 48.0 Å². The topological polar surface area (TPSA) is 63.5 Å². The molecule has 0 saturated heterocycles. The van der Waals surface area contributed by atoms with Gasteiger partial charge in [-0.2, -0.15) is 0 Å². The highest BCUT2D eigenvalue weighted by atomic mass is 35.5. The molecule has 0 fully saturated rings. The van der Waals surface area contributed by atoms with Gasteiger partial charge in [0.05, 0.1) is 6.61 Å². The number of nitrogens with one attached hydrogen (secondary N) is 1. The fourth-order valence-corrected chi connectivity index (χ4v) is 4.38. The molecule has 4 aromatic rings. The molecule has 0 saturated carbocycles. The van der Waals surface area contributed by atoms with E-state index in [0.29, 0.717) is 30.8 Å². The van der Waals surface area contributed by atoms with Gasteiger partial charge in [0.15, 0.2) is 0 Å². The van der Waals surface area contributed by atoms with Crippen molar-refractivity contribution < 1.29 is 19.0 Å². The first kappa shape index (κ1) is 23.8. The number of aromatic carboxylic acids is 1. The lowest BCUT2D eigenvalue weighted by molar-refractivity contribution is 0.0684. The maximum absolute atomic E-state index is 13.5. The molecule has 0 spiro atoms. The van der Waals surface area contributed by atoms with E-state index in [1.165, 1.54) is 17.7 Å². The van der Waals surface area contributed by atoms with E-state index in [4.69, 9.17) is 16.3 Å². The van der Waals surface area contributed by atoms with Gasteiger partial charge in [0.25, 0.3) is 0 Å². The number of hydrogen-bond donors (Lipinski definition) is 2. The number of ether oxygens (including phenoxy) is 1. The highest BCUT2D eigenvalue weighted by Gasteiger charge is 2.22. The van der Waals surface area contributed by atoms with Gasteiger partial charge in [0.2, 0.25) is 0 Å². The Morgan fingerprint density at radius 3 is 2.59 bits per heavy atom. The first-order chi connectivity index (χ1) is 16.5. The highest BCUT2D eigenvalue weighted by molar-refractivity contribution is 6.31. The first-order valence-electron chi connectivity index (χ1n) is 11.2. The molecule has 5 nitrogen and oxygen atoms in total. The summed E-state index contributed by atoms with van der Waals surface area (Å²) in [6.45, 7) is 3.91. The molecule has 0 atom stereocenters. The second-order valence-electron chi connectivity index (χ2n) is 7.98. The molecule has 4 rings (SSSR count). The third-order valence-corrected chi connectivity index (χ3v) is 6.10. The third-order valence-electron chi connectivity index (χ3n) is 5.75. The molecular weight excluding hydrogens is 455 g/mol. The number of nitrogens with zero attached hydrogens (tertiary/aromatic N) is 1. The van der Waals surface area contributed by atoms with Gasteiger partial charge in [-0.05, 0) is 61.3 Å². The Labute approximate surface area is 202 Å². The van der Waals surface area contributed by atoms with E-state index >= 15 is 0 Å². The molecule has 3 aromatic carbocycles. The predicted octanol–water partition coefficient (Wildman–Crippen LogP) is 5.91. The van der Waals surface area contributed by atoms with Crippen LogP contribution in [0.1, 0.15) is 34.1 Å². The van der Waals surface area contributed by atoms with E-state index in [9.17, 15) is 14.3 Å². The molecule has 1 aromatic heterocycles. The maximum Gasteiger partial charge on any atom is 0.352 e. The number of fused-ring (bicyclic) bond motifs is 1. The molecule has 0 aliphatic heterocycles. The van der Waals surface area contributed by atoms with Gasteiger partial charge in [-0.25, -0.2) is 9.18 Å². The van der Waals surface area contributed by atoms with E-state index in [-0.39, 0.29) is 17.3 Å². The van der Waals surface area contributed by atoms with Gasteiger partial charge < -0.3 is 19.7 Å². The van der Waals surface area contributed by atoms with Crippen molar-refractivity contribution in [3.63, 3.8) is 0 Å². The lowest BCUT2D eigenvalue weighted by Crippen LogP contribution is -2.19. The number of benzene rings is 3. The molecular formula is C27H26ClFN2O3. The SMILES string of the molecule is CCOc1ccc(CCNCc2c(C(=O)O)n(Cc3ccc(F)cc3Cl)c3ccccc23)cc1. The number of hydrogen-bond acceptors (Lipinski definition) is 3. The molecule has 0 unspecified atom stereocenters. The molecule has 34 heavy (non-hydrogen) atoms. The monoisotopic (exact) mass is 480 g/mol. The highest BCUT2D eigenvalue weighted by Crippen LogP contribution is 2.29. The van der Waals surface area contributed by atoms with Crippen LogP contribution < -0.4 is 10.1 Å². The van der Waals surface area contributed by atoms with Crippen LogP contribution in [-0.2, 0) is 19.5 Å². The Hall–Kier alpha value is -3.35. The van der Waals surface area contributed by atoms with E-state index < -0.39 is 11.8 Å². The molecule has 1 heterocycles. The largest absolute Gasteiger partial charge is 0.494 e. The summed E-state index contributed by atoms with van der Waals surface area (Å²) in [5.41, 5.74) is 3.54. The van der Waals surface area contributed by atoms with E-state index in [1.807, 2.05) is 55.5 Å². The second kappa shape index (κ2) is 10.7. The van der Waals surface area contributed by atoms with Gasteiger partial charge >= 0.3 is 5.97 Å². The number of carboxylic acid groups (broad SMARTS) is 1. The minimum absolute atomic E-state index is 0.204. The van der Waals surface area contributed by atoms with Crippen molar-refractivity contribution in [3.8, 4) is 5.75 Å². The number of halogens is 2. The van der Waals surface area contributed by atoms with Crippen molar-refractivity contribution in [3.05, 3.63) is 100.0 Å². The zero-order chi connectivity index (χ0) is 24.1. The smallest absolute Gasteiger partial charge is 0.352 e. The minimum Gasteiger partial charge on any atom is -0.494 e. The predicted molar refractivity (Wildman–Crippen MR) is 132 cm³/mol. The van der Waals surface area contributed by atoms with Crippen LogP contribution in [0.4, 0.5) is 4.39 Å². The van der Waals surface area contributed by atoms with Gasteiger partial charge in [0.1, 0.15) is 17.3 Å². The van der Waals surface area contributed by atoms with E-state index in [1.54, 1.807) is 10.6 Å². The number of para-hydroxylation sites is 1. The van der Waals surface area contributed by atoms with Crippen LogP contribution in [0.15, 0.2) is 66.7 Å². The van der Waals surface area contributed by atoms with Crippen molar-refractivity contribution >= 4 is 28.5 Å². The minimum atomic E-state index is -1.02. The molecule has 176 valence electrons. The zero-order valence-corrected chi connectivity index (χ0v) is 19.6. The molecule has 0 bridgehead atoms. The lowest BCUT2D eigenvalue weighted by Gasteiger charge is -2.11. The summed E-state index contributed by atoms with van der Waals surface area (Å²) in [5, 5.41) is 14.6. The number of carbonyl (C=O) groups is 1. The Kier molecular flexibility index (Phi) is 7.50. The summed E-state index contributed by atoms with van der Waals surface area (Å²) in [5.74, 6) is -0.598. The first-order valence-corrected chi connectivity index (χ1v) is 11.6. The Morgan fingerprint density at radius 2 is 1.88 bits per heavy atom. The molecule has 2 N–H and O–H groups in total. The van der Waals surface area contributed by atoms with E-state index in [0.717, 1.165) is 23.1 Å². The molecule has 0 aliphatic rings. The summed E-state index contributed by atoms with van der Waals surface area (Å²) in [6, 6.07) is 19.7. The fourth-order valence-electron chi connectivity index (χ4n) is 4.15. The third kappa shape index (κ3) is 5.24. The fraction of sp³-hybridized carbons (Fsp3) is 0.222. The summed E-state index contributed by atoms with van der Waals surface area (Å²) >= 11 is 6.24.